The van der Waals surface area contributed by atoms with Gasteiger partial charge in [0.25, 0.3) is 0 Å². The Kier molecular flexibility index (Phi) is 8.79. The summed E-state index contributed by atoms with van der Waals surface area (Å²) in [5.41, 5.74) is 15.4. The first-order valence-corrected chi connectivity index (χ1v) is 23.3. The quantitative estimate of drug-likeness (QED) is 0.160. The summed E-state index contributed by atoms with van der Waals surface area (Å²) in [4.78, 5) is 16.1. The average molecular weight is 882 g/mol. The topological polar surface area (TPSA) is 61.7 Å². The standard InChI is InChI=1S/C63H39N5O/c1-4-17-40(18-5-1)42-33-35-44(36-34-42)61-64-62(51-29-15-28-50-57-47(43-21-8-3-9-22-43)27-16-32-56(57)69-60(50)51)66-63(65-61)68-53-31-13-11-26-49(53)59-55(68)38-37-54-58(59)48-25-10-12-30-52(48)67(54)46-24-14-23-45(39-46)41-19-6-2-7-20-41/h1-39H. The van der Waals surface area contributed by atoms with Gasteiger partial charge in [0.2, 0.25) is 5.95 Å². The first-order valence-electron chi connectivity index (χ1n) is 23.3. The molecule has 4 heterocycles. The number of nitrogens with zero attached hydrogens (tertiary/aromatic N) is 5. The smallest absolute Gasteiger partial charge is 0.238 e. The molecule has 14 aromatic rings. The first-order chi connectivity index (χ1) is 34.2. The molecule has 0 aliphatic carbocycles. The molecule has 0 bridgehead atoms. The van der Waals surface area contributed by atoms with Crippen LogP contribution in [0.2, 0.25) is 0 Å². The number of hydrogen-bond acceptors (Lipinski definition) is 4. The van der Waals surface area contributed by atoms with Gasteiger partial charge in [-0.3, -0.25) is 4.57 Å². The van der Waals surface area contributed by atoms with Crippen molar-refractivity contribution in [2.75, 3.05) is 0 Å². The molecule has 0 spiro atoms. The van der Waals surface area contributed by atoms with Gasteiger partial charge < -0.3 is 8.98 Å². The van der Waals surface area contributed by atoms with Crippen LogP contribution in [0.5, 0.6) is 0 Å². The number of furan rings is 1. The number of rotatable bonds is 7. The molecule has 0 unspecified atom stereocenters. The van der Waals surface area contributed by atoms with Crippen molar-refractivity contribution in [2.45, 2.75) is 0 Å². The second kappa shape index (κ2) is 15.6. The average Bonchev–Trinajstić information content (AvgIpc) is 4.09. The summed E-state index contributed by atoms with van der Waals surface area (Å²) in [5.74, 6) is 1.61. The molecular weight excluding hydrogens is 843 g/mol. The van der Waals surface area contributed by atoms with E-state index in [2.05, 4.69) is 228 Å². The monoisotopic (exact) mass is 881 g/mol. The minimum atomic E-state index is 0.519. The third-order valence-electron chi connectivity index (χ3n) is 13.6. The maximum Gasteiger partial charge on any atom is 0.238 e. The lowest BCUT2D eigenvalue weighted by atomic mass is 9.99. The Morgan fingerprint density at radius 1 is 0.304 bits per heavy atom. The van der Waals surface area contributed by atoms with E-state index in [9.17, 15) is 0 Å². The second-order valence-electron chi connectivity index (χ2n) is 17.5. The van der Waals surface area contributed by atoms with Crippen molar-refractivity contribution < 1.29 is 4.42 Å². The molecule has 14 rings (SSSR count). The molecule has 69 heavy (non-hydrogen) atoms. The van der Waals surface area contributed by atoms with Crippen LogP contribution in [0.3, 0.4) is 0 Å². The first kappa shape index (κ1) is 38.8. The third-order valence-corrected chi connectivity index (χ3v) is 13.6. The molecule has 0 fully saturated rings. The zero-order valence-electron chi connectivity index (χ0n) is 37.2. The normalized spacial score (nSPS) is 11.8. The highest BCUT2D eigenvalue weighted by Gasteiger charge is 2.24. The number of hydrogen-bond donors (Lipinski definition) is 0. The van der Waals surface area contributed by atoms with E-state index in [4.69, 9.17) is 19.4 Å². The number of benzene rings is 10. The van der Waals surface area contributed by atoms with Gasteiger partial charge in [-0.15, -0.1) is 0 Å². The summed E-state index contributed by atoms with van der Waals surface area (Å²) in [6, 6.07) is 83.2. The van der Waals surface area contributed by atoms with E-state index in [1.165, 1.54) is 21.9 Å². The van der Waals surface area contributed by atoms with E-state index in [0.29, 0.717) is 17.6 Å². The van der Waals surface area contributed by atoms with Crippen LogP contribution in [0.4, 0.5) is 0 Å². The SMILES string of the molecule is c1ccc(-c2ccc(-c3nc(-c4cccc5c4oc4cccc(-c6ccccc6)c45)nc(-n4c5ccccc5c5c6c7ccccc7n(-c7cccc(-c8ccccc8)c7)c6ccc54)n3)cc2)cc1. The highest BCUT2D eigenvalue weighted by Crippen LogP contribution is 2.44. The van der Waals surface area contributed by atoms with Gasteiger partial charge >= 0.3 is 0 Å². The Labute approximate surface area is 396 Å². The van der Waals surface area contributed by atoms with Gasteiger partial charge in [-0.25, -0.2) is 4.98 Å². The van der Waals surface area contributed by atoms with Gasteiger partial charge in [-0.1, -0.05) is 188 Å². The van der Waals surface area contributed by atoms with Crippen molar-refractivity contribution in [3.05, 3.63) is 237 Å². The fraction of sp³-hybridized carbons (Fsp3) is 0. The third kappa shape index (κ3) is 6.23. The van der Waals surface area contributed by atoms with Gasteiger partial charge in [0.15, 0.2) is 11.6 Å². The molecule has 6 nitrogen and oxygen atoms in total. The number of aromatic nitrogens is 5. The molecule has 0 aliphatic heterocycles. The lowest BCUT2D eigenvalue weighted by molar-refractivity contribution is 0.669. The van der Waals surface area contributed by atoms with E-state index >= 15 is 0 Å². The van der Waals surface area contributed by atoms with Crippen molar-refractivity contribution in [2.24, 2.45) is 0 Å². The van der Waals surface area contributed by atoms with E-state index in [-0.39, 0.29) is 0 Å². The lowest BCUT2D eigenvalue weighted by Crippen LogP contribution is -2.06. The number of fused-ring (bicyclic) bond motifs is 10. The summed E-state index contributed by atoms with van der Waals surface area (Å²) < 4.78 is 11.4. The highest BCUT2D eigenvalue weighted by atomic mass is 16.3. The molecule has 0 atom stereocenters. The zero-order valence-corrected chi connectivity index (χ0v) is 37.2. The van der Waals surface area contributed by atoms with Crippen LogP contribution < -0.4 is 0 Å². The summed E-state index contributed by atoms with van der Waals surface area (Å²) in [6.45, 7) is 0. The van der Waals surface area contributed by atoms with E-state index < -0.39 is 0 Å². The Balaban J connectivity index is 1.02. The van der Waals surface area contributed by atoms with E-state index in [1.54, 1.807) is 0 Å². The molecule has 4 aromatic heterocycles. The Morgan fingerprint density at radius 2 is 0.812 bits per heavy atom. The molecule has 0 saturated heterocycles. The van der Waals surface area contributed by atoms with Crippen LogP contribution in [0.15, 0.2) is 241 Å². The largest absolute Gasteiger partial charge is 0.455 e. The fourth-order valence-corrected chi connectivity index (χ4v) is 10.5. The molecule has 0 saturated carbocycles. The van der Waals surface area contributed by atoms with Crippen LogP contribution in [-0.2, 0) is 0 Å². The molecule has 0 amide bonds. The van der Waals surface area contributed by atoms with Crippen molar-refractivity contribution in [3.8, 4) is 67.8 Å². The van der Waals surface area contributed by atoms with Gasteiger partial charge in [-0.05, 0) is 81.9 Å². The maximum absolute atomic E-state index is 6.83. The molecule has 0 N–H and O–H groups in total. The highest BCUT2D eigenvalue weighted by molar-refractivity contribution is 6.29. The molecular formula is C63H39N5O. The Hall–Kier alpha value is -9.39. The van der Waals surface area contributed by atoms with E-state index in [0.717, 1.165) is 93.8 Å². The van der Waals surface area contributed by atoms with Crippen LogP contribution in [-0.4, -0.2) is 24.1 Å². The summed E-state index contributed by atoms with van der Waals surface area (Å²) in [5, 5.41) is 6.67. The summed E-state index contributed by atoms with van der Waals surface area (Å²) in [7, 11) is 0. The molecule has 0 radical (unpaired) electrons. The van der Waals surface area contributed by atoms with Crippen LogP contribution in [0.1, 0.15) is 0 Å². The van der Waals surface area contributed by atoms with Crippen LogP contribution >= 0.6 is 0 Å². The Bertz CT molecular complexity index is 4280. The van der Waals surface area contributed by atoms with Crippen LogP contribution in [0, 0.1) is 0 Å². The van der Waals surface area contributed by atoms with Gasteiger partial charge in [0, 0.05) is 43.6 Å². The predicted molar refractivity (Wildman–Crippen MR) is 283 cm³/mol. The van der Waals surface area contributed by atoms with Crippen molar-refractivity contribution in [3.63, 3.8) is 0 Å². The molecule has 6 heteroatoms. The van der Waals surface area contributed by atoms with Crippen molar-refractivity contribution >= 4 is 65.6 Å². The van der Waals surface area contributed by atoms with Gasteiger partial charge in [0.05, 0.1) is 27.6 Å². The summed E-state index contributed by atoms with van der Waals surface area (Å²) >= 11 is 0. The van der Waals surface area contributed by atoms with Crippen LogP contribution in [0.25, 0.3) is 133 Å². The maximum atomic E-state index is 6.83. The van der Waals surface area contributed by atoms with Gasteiger partial charge in [-0.2, -0.15) is 9.97 Å². The zero-order chi connectivity index (χ0) is 45.4. The van der Waals surface area contributed by atoms with Crippen molar-refractivity contribution in [1.29, 1.82) is 0 Å². The molecule has 10 aromatic carbocycles. The van der Waals surface area contributed by atoms with E-state index in [1.807, 2.05) is 18.2 Å². The molecule has 0 aliphatic rings. The van der Waals surface area contributed by atoms with Crippen molar-refractivity contribution in [1.82, 2.24) is 24.1 Å². The minimum absolute atomic E-state index is 0.519. The predicted octanol–water partition coefficient (Wildman–Crippen LogP) is 16.3. The lowest BCUT2D eigenvalue weighted by Gasteiger charge is -2.12. The number of para-hydroxylation sites is 3. The molecule has 322 valence electrons. The minimum Gasteiger partial charge on any atom is -0.455 e. The second-order valence-corrected chi connectivity index (χ2v) is 17.5. The summed E-state index contributed by atoms with van der Waals surface area (Å²) in [6.07, 6.45) is 0. The fourth-order valence-electron chi connectivity index (χ4n) is 10.5. The van der Waals surface area contributed by atoms with Gasteiger partial charge in [0.1, 0.15) is 11.2 Å². The Morgan fingerprint density at radius 3 is 1.52 bits per heavy atom.